The van der Waals surface area contributed by atoms with Crippen molar-refractivity contribution in [2.45, 2.75) is 33.4 Å². The Morgan fingerprint density at radius 2 is 1.97 bits per heavy atom. The predicted octanol–water partition coefficient (Wildman–Crippen LogP) is 3.43. The van der Waals surface area contributed by atoms with Crippen LogP contribution in [0.25, 0.3) is 33.3 Å². The van der Waals surface area contributed by atoms with E-state index in [4.69, 9.17) is 10.7 Å². The van der Waals surface area contributed by atoms with Crippen molar-refractivity contribution in [3.8, 4) is 22.5 Å². The molecule has 0 saturated heterocycles. The molecule has 0 radical (unpaired) electrons. The standard InChI is InChI=1S/C25H24N6O2.H2/c1-3-23-29-24(22-14-30(15(2)32)9-10-31(22)23)18-6-4-5-16-11-21(28-13-19(16)18)17-7-8-20(25(26)33)27-12-17;/h4-8,11-13H,3,9-10,14H2,1-2H3,(H2,26,33);1H. The first-order chi connectivity index (χ1) is 16.0. The Hall–Kier alpha value is -4.07. The lowest BCUT2D eigenvalue weighted by atomic mass is 10.0. The van der Waals surface area contributed by atoms with E-state index in [-0.39, 0.29) is 13.0 Å². The monoisotopic (exact) mass is 442 g/mol. The van der Waals surface area contributed by atoms with Crippen LogP contribution in [0, 0.1) is 0 Å². The molecule has 0 aliphatic carbocycles. The van der Waals surface area contributed by atoms with Gasteiger partial charge in [0.1, 0.15) is 11.5 Å². The second-order valence-corrected chi connectivity index (χ2v) is 8.16. The summed E-state index contributed by atoms with van der Waals surface area (Å²) in [4.78, 5) is 39.0. The summed E-state index contributed by atoms with van der Waals surface area (Å²) in [5, 5.41) is 2.02. The molecule has 3 aromatic heterocycles. The molecule has 8 heteroatoms. The van der Waals surface area contributed by atoms with Crippen LogP contribution < -0.4 is 5.73 Å². The van der Waals surface area contributed by atoms with Gasteiger partial charge in [-0.3, -0.25) is 19.6 Å². The zero-order valence-electron chi connectivity index (χ0n) is 18.6. The van der Waals surface area contributed by atoms with E-state index in [1.807, 2.05) is 29.3 Å². The van der Waals surface area contributed by atoms with Crippen molar-refractivity contribution in [2.75, 3.05) is 6.54 Å². The topological polar surface area (TPSA) is 107 Å². The number of hydrogen-bond acceptors (Lipinski definition) is 5. The van der Waals surface area contributed by atoms with Crippen LogP contribution in [0.15, 0.2) is 48.8 Å². The molecule has 0 bridgehead atoms. The number of rotatable bonds is 4. The minimum Gasteiger partial charge on any atom is -0.364 e. The molecule has 33 heavy (non-hydrogen) atoms. The van der Waals surface area contributed by atoms with Crippen LogP contribution in [-0.2, 0) is 24.3 Å². The van der Waals surface area contributed by atoms with Crippen molar-refractivity contribution < 1.29 is 11.0 Å². The average molecular weight is 443 g/mol. The Morgan fingerprint density at radius 3 is 2.67 bits per heavy atom. The number of amides is 2. The molecule has 0 spiro atoms. The Morgan fingerprint density at radius 1 is 1.12 bits per heavy atom. The molecule has 2 amide bonds. The third kappa shape index (κ3) is 3.63. The summed E-state index contributed by atoms with van der Waals surface area (Å²) in [5.74, 6) is 0.549. The van der Waals surface area contributed by atoms with Crippen LogP contribution in [-0.4, -0.2) is 42.8 Å². The van der Waals surface area contributed by atoms with E-state index in [9.17, 15) is 9.59 Å². The van der Waals surface area contributed by atoms with E-state index >= 15 is 0 Å². The molecule has 1 aromatic carbocycles. The number of fused-ring (bicyclic) bond motifs is 2. The van der Waals surface area contributed by atoms with E-state index in [0.717, 1.165) is 57.8 Å². The lowest BCUT2D eigenvalue weighted by Crippen LogP contribution is -2.37. The maximum Gasteiger partial charge on any atom is 0.267 e. The molecule has 4 heterocycles. The summed E-state index contributed by atoms with van der Waals surface area (Å²) in [5.41, 5.74) is 10.0. The van der Waals surface area contributed by atoms with Crippen molar-refractivity contribution in [1.29, 1.82) is 0 Å². The fourth-order valence-corrected chi connectivity index (χ4v) is 4.42. The number of pyridine rings is 2. The molecule has 8 nitrogen and oxygen atoms in total. The van der Waals surface area contributed by atoms with Crippen molar-refractivity contribution in [3.63, 3.8) is 0 Å². The summed E-state index contributed by atoms with van der Waals surface area (Å²) >= 11 is 0. The minimum atomic E-state index is -0.559. The van der Waals surface area contributed by atoms with E-state index in [1.165, 1.54) is 0 Å². The van der Waals surface area contributed by atoms with Gasteiger partial charge in [0.2, 0.25) is 5.91 Å². The van der Waals surface area contributed by atoms with Gasteiger partial charge in [-0.25, -0.2) is 4.98 Å². The molecule has 168 valence electrons. The SMILES string of the molecule is CCc1nc(-c2cccc3cc(-c4ccc(C(N)=O)nc4)ncc23)c2n1CCN(C(C)=O)C2.[HH]. The fraction of sp³-hybridized carbons (Fsp3) is 0.240. The van der Waals surface area contributed by atoms with Crippen LogP contribution in [0.2, 0.25) is 0 Å². The van der Waals surface area contributed by atoms with E-state index in [1.54, 1.807) is 25.3 Å². The predicted molar refractivity (Wildman–Crippen MR) is 127 cm³/mol. The number of benzene rings is 1. The van der Waals surface area contributed by atoms with Crippen LogP contribution in [0.4, 0.5) is 0 Å². The maximum atomic E-state index is 12.0. The van der Waals surface area contributed by atoms with E-state index in [2.05, 4.69) is 27.5 Å². The van der Waals surface area contributed by atoms with E-state index < -0.39 is 5.91 Å². The lowest BCUT2D eigenvalue weighted by molar-refractivity contribution is -0.130. The van der Waals surface area contributed by atoms with Gasteiger partial charge in [0.05, 0.1) is 23.6 Å². The maximum absolute atomic E-state index is 12.0. The number of hydrogen-bond donors (Lipinski definition) is 1. The smallest absolute Gasteiger partial charge is 0.267 e. The number of imidazole rings is 1. The molecule has 0 atom stereocenters. The highest BCUT2D eigenvalue weighted by Crippen LogP contribution is 2.34. The molecule has 5 rings (SSSR count). The van der Waals surface area contributed by atoms with Gasteiger partial charge in [0.15, 0.2) is 0 Å². The normalized spacial score (nSPS) is 13.2. The van der Waals surface area contributed by atoms with Crippen LogP contribution in [0.5, 0.6) is 0 Å². The molecule has 1 aliphatic rings. The zero-order valence-corrected chi connectivity index (χ0v) is 18.6. The van der Waals surface area contributed by atoms with Crippen molar-refractivity contribution >= 4 is 22.6 Å². The molecule has 0 fully saturated rings. The van der Waals surface area contributed by atoms with Crippen LogP contribution in [0.1, 0.15) is 37.3 Å². The Kier molecular flexibility index (Phi) is 5.12. The first-order valence-electron chi connectivity index (χ1n) is 11.0. The van der Waals surface area contributed by atoms with Gasteiger partial charge in [-0.05, 0) is 23.6 Å². The summed E-state index contributed by atoms with van der Waals surface area (Å²) < 4.78 is 2.25. The molecule has 4 aromatic rings. The number of aromatic nitrogens is 4. The summed E-state index contributed by atoms with van der Waals surface area (Å²) in [7, 11) is 0. The third-order valence-electron chi connectivity index (χ3n) is 6.18. The highest BCUT2D eigenvalue weighted by atomic mass is 16.2. The Labute approximate surface area is 192 Å². The quantitative estimate of drug-likeness (QED) is 0.521. The molecule has 0 saturated carbocycles. The van der Waals surface area contributed by atoms with Crippen LogP contribution in [0.3, 0.4) is 0 Å². The first-order valence-corrected chi connectivity index (χ1v) is 11.0. The number of primary amides is 1. The van der Waals surface area contributed by atoms with E-state index in [0.29, 0.717) is 13.1 Å². The summed E-state index contributed by atoms with van der Waals surface area (Å²) in [6.07, 6.45) is 4.28. The fourth-order valence-electron chi connectivity index (χ4n) is 4.42. The second kappa shape index (κ2) is 8.12. The molecular weight excluding hydrogens is 416 g/mol. The van der Waals surface area contributed by atoms with Crippen molar-refractivity contribution in [2.24, 2.45) is 5.73 Å². The Balaban J connectivity index is 0.00000274. The Bertz CT molecular complexity index is 1400. The lowest BCUT2D eigenvalue weighted by Gasteiger charge is -2.28. The highest BCUT2D eigenvalue weighted by molar-refractivity contribution is 5.97. The third-order valence-corrected chi connectivity index (χ3v) is 6.18. The number of carbonyl (C=O) groups excluding carboxylic acids is 2. The van der Waals surface area contributed by atoms with Gasteiger partial charge in [-0.2, -0.15) is 0 Å². The minimum absolute atomic E-state index is 0. The average Bonchev–Trinajstić information content (AvgIpc) is 3.21. The van der Waals surface area contributed by atoms with Crippen molar-refractivity contribution in [1.82, 2.24) is 24.4 Å². The number of carbonyl (C=O) groups is 2. The van der Waals surface area contributed by atoms with Gasteiger partial charge in [0.25, 0.3) is 5.91 Å². The number of nitrogens with two attached hydrogens (primary N) is 1. The van der Waals surface area contributed by atoms with Gasteiger partial charge in [0, 0.05) is 56.8 Å². The second-order valence-electron chi connectivity index (χ2n) is 8.16. The first kappa shape index (κ1) is 20.8. The summed E-state index contributed by atoms with van der Waals surface area (Å²) in [6.45, 7) is 5.73. The molecular formula is C25H26N6O2. The van der Waals surface area contributed by atoms with Gasteiger partial charge in [-0.1, -0.05) is 25.1 Å². The zero-order chi connectivity index (χ0) is 23.1. The largest absolute Gasteiger partial charge is 0.364 e. The van der Waals surface area contributed by atoms with Crippen LogP contribution >= 0.6 is 0 Å². The molecule has 0 unspecified atom stereocenters. The molecule has 2 N–H and O–H groups in total. The summed E-state index contributed by atoms with van der Waals surface area (Å²) in [6, 6.07) is 11.5. The highest BCUT2D eigenvalue weighted by Gasteiger charge is 2.26. The number of aryl methyl sites for hydroxylation is 1. The van der Waals surface area contributed by atoms with Crippen molar-refractivity contribution in [3.05, 3.63) is 66.0 Å². The van der Waals surface area contributed by atoms with Gasteiger partial charge >= 0.3 is 0 Å². The van der Waals surface area contributed by atoms with Gasteiger partial charge in [-0.15, -0.1) is 0 Å². The molecule has 1 aliphatic heterocycles. The van der Waals surface area contributed by atoms with Gasteiger partial charge < -0.3 is 15.2 Å². The number of nitrogens with zero attached hydrogens (tertiary/aromatic N) is 5.